The summed E-state index contributed by atoms with van der Waals surface area (Å²) in [5.74, 6) is 2.46. The van der Waals surface area contributed by atoms with E-state index in [0.29, 0.717) is 18.9 Å². The van der Waals surface area contributed by atoms with E-state index in [1.54, 1.807) is 19.0 Å². The summed E-state index contributed by atoms with van der Waals surface area (Å²) in [5.41, 5.74) is 1.91. The fourth-order valence-corrected chi connectivity index (χ4v) is 5.15. The zero-order valence-corrected chi connectivity index (χ0v) is 18.7. The van der Waals surface area contributed by atoms with Gasteiger partial charge >= 0.3 is 0 Å². The molecule has 7 heteroatoms. The van der Waals surface area contributed by atoms with Crippen molar-refractivity contribution < 1.29 is 9.59 Å². The van der Waals surface area contributed by atoms with Crippen LogP contribution in [0.4, 0.5) is 5.82 Å². The van der Waals surface area contributed by atoms with Gasteiger partial charge in [0.1, 0.15) is 11.6 Å². The maximum atomic E-state index is 12.8. The van der Waals surface area contributed by atoms with Crippen LogP contribution >= 0.6 is 0 Å². The molecule has 30 heavy (non-hydrogen) atoms. The van der Waals surface area contributed by atoms with Gasteiger partial charge in [0.15, 0.2) is 0 Å². The fraction of sp³-hybridized carbons (Fsp3) is 0.739. The summed E-state index contributed by atoms with van der Waals surface area (Å²) in [6.07, 6.45) is 9.84. The van der Waals surface area contributed by atoms with Crippen molar-refractivity contribution in [3.8, 4) is 0 Å². The summed E-state index contributed by atoms with van der Waals surface area (Å²) in [6, 6.07) is 0.0406. The lowest BCUT2D eigenvalue weighted by molar-refractivity contribution is -0.131. The van der Waals surface area contributed by atoms with E-state index in [0.717, 1.165) is 55.3 Å². The second kappa shape index (κ2) is 9.00. The smallest absolute Gasteiger partial charge is 0.236 e. The number of anilines is 1. The minimum Gasteiger partial charge on any atom is -0.348 e. The molecule has 1 saturated carbocycles. The largest absolute Gasteiger partial charge is 0.348 e. The number of carbonyl (C=O) groups excluding carboxylic acids is 2. The number of nitrogens with zero attached hydrogens (tertiary/aromatic N) is 5. The Morgan fingerprint density at radius 1 is 1.07 bits per heavy atom. The molecule has 3 heterocycles. The minimum atomic E-state index is 0.0406. The van der Waals surface area contributed by atoms with Crippen LogP contribution in [0.3, 0.4) is 0 Å². The number of likely N-dealkylation sites (tertiary alicyclic amines) is 1. The monoisotopic (exact) mass is 413 g/mol. The minimum absolute atomic E-state index is 0.0406. The normalized spacial score (nSPS) is 23.0. The molecule has 7 nitrogen and oxygen atoms in total. The number of rotatable bonds is 5. The molecule has 164 valence electrons. The number of aryl methyl sites for hydroxylation is 1. The van der Waals surface area contributed by atoms with E-state index in [-0.39, 0.29) is 17.9 Å². The SMILES string of the molecule is Cc1nc(C2CCCCN2CC(=O)N(C)C)nc2c1CC(=O)N2CC1CCCCC1. The lowest BCUT2D eigenvalue weighted by atomic mass is 9.89. The van der Waals surface area contributed by atoms with Crippen molar-refractivity contribution in [2.45, 2.75) is 70.8 Å². The highest BCUT2D eigenvalue weighted by Crippen LogP contribution is 2.36. The van der Waals surface area contributed by atoms with Crippen LogP contribution in [-0.4, -0.2) is 65.3 Å². The van der Waals surface area contributed by atoms with Crippen molar-refractivity contribution in [1.29, 1.82) is 0 Å². The Hall–Kier alpha value is -2.02. The van der Waals surface area contributed by atoms with E-state index in [1.807, 2.05) is 11.8 Å². The van der Waals surface area contributed by atoms with Crippen LogP contribution in [-0.2, 0) is 16.0 Å². The van der Waals surface area contributed by atoms with Crippen LogP contribution in [0.5, 0.6) is 0 Å². The molecule has 0 bridgehead atoms. The molecule has 1 aromatic rings. The summed E-state index contributed by atoms with van der Waals surface area (Å²) < 4.78 is 0. The number of carbonyl (C=O) groups is 2. The molecule has 2 fully saturated rings. The topological polar surface area (TPSA) is 69.6 Å². The molecule has 3 aliphatic rings. The van der Waals surface area contributed by atoms with Crippen molar-refractivity contribution in [2.24, 2.45) is 5.92 Å². The van der Waals surface area contributed by atoms with Crippen molar-refractivity contribution in [3.63, 3.8) is 0 Å². The molecule has 0 spiro atoms. The van der Waals surface area contributed by atoms with E-state index in [9.17, 15) is 9.59 Å². The first-order valence-electron chi connectivity index (χ1n) is 11.6. The second-order valence-electron chi connectivity index (χ2n) is 9.42. The molecule has 1 aliphatic carbocycles. The Morgan fingerprint density at radius 3 is 2.53 bits per heavy atom. The predicted octanol–water partition coefficient (Wildman–Crippen LogP) is 2.87. The fourth-order valence-electron chi connectivity index (χ4n) is 5.15. The molecule has 2 aliphatic heterocycles. The number of piperidine rings is 1. The zero-order valence-electron chi connectivity index (χ0n) is 18.7. The van der Waals surface area contributed by atoms with E-state index in [4.69, 9.17) is 9.97 Å². The summed E-state index contributed by atoms with van der Waals surface area (Å²) in [6.45, 7) is 4.06. The molecule has 1 saturated heterocycles. The number of aromatic nitrogens is 2. The van der Waals surface area contributed by atoms with Gasteiger partial charge in [-0.2, -0.15) is 0 Å². The lowest BCUT2D eigenvalue weighted by Gasteiger charge is -2.35. The molecule has 1 aromatic heterocycles. The van der Waals surface area contributed by atoms with Gasteiger partial charge in [0.05, 0.1) is 19.0 Å². The van der Waals surface area contributed by atoms with Gasteiger partial charge in [-0.1, -0.05) is 25.7 Å². The molecule has 4 rings (SSSR count). The highest BCUT2D eigenvalue weighted by atomic mass is 16.2. The van der Waals surface area contributed by atoms with Crippen LogP contribution in [0, 0.1) is 12.8 Å². The number of fused-ring (bicyclic) bond motifs is 1. The first kappa shape index (κ1) is 21.2. The quantitative estimate of drug-likeness (QED) is 0.742. The first-order valence-corrected chi connectivity index (χ1v) is 11.6. The van der Waals surface area contributed by atoms with Gasteiger partial charge in [0.25, 0.3) is 0 Å². The lowest BCUT2D eigenvalue weighted by Crippen LogP contribution is -2.42. The van der Waals surface area contributed by atoms with Gasteiger partial charge in [-0.3, -0.25) is 19.4 Å². The molecular formula is C23H35N5O2. The van der Waals surface area contributed by atoms with Crippen LogP contribution in [0.2, 0.25) is 0 Å². The van der Waals surface area contributed by atoms with Crippen LogP contribution < -0.4 is 4.90 Å². The van der Waals surface area contributed by atoms with Crippen molar-refractivity contribution >= 4 is 17.6 Å². The Labute approximate surface area is 179 Å². The summed E-state index contributed by atoms with van der Waals surface area (Å²) in [4.78, 5) is 40.8. The van der Waals surface area contributed by atoms with Gasteiger partial charge < -0.3 is 4.90 Å². The molecule has 1 unspecified atom stereocenters. The highest BCUT2D eigenvalue weighted by Gasteiger charge is 2.35. The van der Waals surface area contributed by atoms with Crippen LogP contribution in [0.15, 0.2) is 0 Å². The summed E-state index contributed by atoms with van der Waals surface area (Å²) >= 11 is 0. The number of likely N-dealkylation sites (N-methyl/N-ethyl adjacent to an activating group) is 1. The molecule has 0 N–H and O–H groups in total. The molecule has 0 radical (unpaired) electrons. The number of hydrogen-bond donors (Lipinski definition) is 0. The third kappa shape index (κ3) is 4.36. The Bertz CT molecular complexity index is 803. The van der Waals surface area contributed by atoms with E-state index in [2.05, 4.69) is 4.90 Å². The third-order valence-corrected chi connectivity index (χ3v) is 7.01. The molecule has 0 aromatic carbocycles. The van der Waals surface area contributed by atoms with Crippen molar-refractivity contribution in [3.05, 3.63) is 17.1 Å². The van der Waals surface area contributed by atoms with Crippen LogP contribution in [0.1, 0.15) is 74.5 Å². The van der Waals surface area contributed by atoms with Gasteiger partial charge in [-0.05, 0) is 45.1 Å². The molecule has 1 atom stereocenters. The summed E-state index contributed by atoms with van der Waals surface area (Å²) in [5, 5.41) is 0. The molecule has 2 amide bonds. The van der Waals surface area contributed by atoms with Gasteiger partial charge in [0.2, 0.25) is 11.8 Å². The second-order valence-corrected chi connectivity index (χ2v) is 9.42. The van der Waals surface area contributed by atoms with E-state index < -0.39 is 0 Å². The number of amides is 2. The van der Waals surface area contributed by atoms with Gasteiger partial charge in [-0.25, -0.2) is 9.97 Å². The van der Waals surface area contributed by atoms with Crippen molar-refractivity contribution in [2.75, 3.05) is 38.6 Å². The maximum Gasteiger partial charge on any atom is 0.236 e. The predicted molar refractivity (Wildman–Crippen MR) is 116 cm³/mol. The first-order chi connectivity index (χ1) is 14.4. The van der Waals surface area contributed by atoms with E-state index in [1.165, 1.54) is 32.1 Å². The Kier molecular flexibility index (Phi) is 6.37. The average Bonchev–Trinajstić information content (AvgIpc) is 3.05. The third-order valence-electron chi connectivity index (χ3n) is 7.01. The van der Waals surface area contributed by atoms with Crippen molar-refractivity contribution in [1.82, 2.24) is 19.8 Å². The zero-order chi connectivity index (χ0) is 21.3. The average molecular weight is 414 g/mol. The van der Waals surface area contributed by atoms with Crippen LogP contribution in [0.25, 0.3) is 0 Å². The Balaban J connectivity index is 1.59. The van der Waals surface area contributed by atoms with Gasteiger partial charge in [0, 0.05) is 31.9 Å². The standard InChI is InChI=1S/C23H35N5O2/c1-16-18-13-20(29)28(14-17-9-5-4-6-10-17)23(18)25-22(24-16)19-11-7-8-12-27(19)15-21(30)26(2)3/h17,19H,4-15H2,1-3H3. The van der Waals surface area contributed by atoms with Gasteiger partial charge in [-0.15, -0.1) is 0 Å². The molecular weight excluding hydrogens is 378 g/mol. The van der Waals surface area contributed by atoms with E-state index >= 15 is 0 Å². The highest BCUT2D eigenvalue weighted by molar-refractivity contribution is 6.00. The Morgan fingerprint density at radius 2 is 1.80 bits per heavy atom. The number of hydrogen-bond acceptors (Lipinski definition) is 5. The summed E-state index contributed by atoms with van der Waals surface area (Å²) in [7, 11) is 3.60. The maximum absolute atomic E-state index is 12.8.